The number of amides is 1. The van der Waals surface area contributed by atoms with Gasteiger partial charge in [-0.15, -0.1) is 0 Å². The summed E-state index contributed by atoms with van der Waals surface area (Å²) < 4.78 is 12.2. The molecule has 0 saturated carbocycles. The van der Waals surface area contributed by atoms with Gasteiger partial charge in [0.05, 0.1) is 19.3 Å². The van der Waals surface area contributed by atoms with Crippen LogP contribution in [0.4, 0.5) is 0 Å². The summed E-state index contributed by atoms with van der Waals surface area (Å²) in [5, 5.41) is 3.61. The topological polar surface area (TPSA) is 77.6 Å². The molecule has 0 radical (unpaired) electrons. The van der Waals surface area contributed by atoms with Crippen LogP contribution in [0.25, 0.3) is 0 Å². The van der Waals surface area contributed by atoms with E-state index in [0.29, 0.717) is 30.2 Å². The molecule has 1 saturated heterocycles. The summed E-state index contributed by atoms with van der Waals surface area (Å²) in [5.41, 5.74) is 1.19. The van der Waals surface area contributed by atoms with Crippen LogP contribution < -0.4 is 10.3 Å². The zero-order valence-electron chi connectivity index (χ0n) is 12.7. The minimum Gasteiger partial charge on any atom is -0.486 e. The Kier molecular flexibility index (Phi) is 3.48. The van der Waals surface area contributed by atoms with Gasteiger partial charge in [0.1, 0.15) is 23.2 Å². The lowest BCUT2D eigenvalue weighted by Gasteiger charge is -2.38. The smallest absolute Gasteiger partial charge is 0.259 e. The number of aryl methyl sites for hydroxylation is 2. The Morgan fingerprint density at radius 1 is 1.36 bits per heavy atom. The predicted molar refractivity (Wildman–Crippen MR) is 78.0 cm³/mol. The zero-order chi connectivity index (χ0) is 15.9. The zero-order valence-corrected chi connectivity index (χ0v) is 12.7. The first kappa shape index (κ1) is 14.4. The van der Waals surface area contributed by atoms with Crippen molar-refractivity contribution in [1.29, 1.82) is 0 Å². The van der Waals surface area contributed by atoms with E-state index < -0.39 is 0 Å². The number of likely N-dealkylation sites (tertiary alicyclic amines) is 1. The molecule has 0 atom stereocenters. The molecule has 0 unspecified atom stereocenters. The molecular formula is C15H17N3O4. The van der Waals surface area contributed by atoms with E-state index in [1.807, 2.05) is 13.0 Å². The van der Waals surface area contributed by atoms with Crippen LogP contribution in [-0.2, 0) is 7.05 Å². The van der Waals surface area contributed by atoms with Crippen LogP contribution in [-0.4, -0.2) is 39.7 Å². The van der Waals surface area contributed by atoms with Gasteiger partial charge in [-0.2, -0.15) is 0 Å². The van der Waals surface area contributed by atoms with Gasteiger partial charge in [0.2, 0.25) is 0 Å². The monoisotopic (exact) mass is 303 g/mol. The maximum atomic E-state index is 12.2. The Labute approximate surface area is 127 Å². The molecule has 0 N–H and O–H groups in total. The third kappa shape index (κ3) is 2.49. The van der Waals surface area contributed by atoms with Gasteiger partial charge < -0.3 is 18.7 Å². The largest absolute Gasteiger partial charge is 0.486 e. The molecule has 7 heteroatoms. The van der Waals surface area contributed by atoms with Crippen LogP contribution in [0.5, 0.6) is 5.75 Å². The third-order valence-corrected chi connectivity index (χ3v) is 3.90. The highest BCUT2D eigenvalue weighted by atomic mass is 16.5. The van der Waals surface area contributed by atoms with E-state index in [1.54, 1.807) is 23.4 Å². The number of hydrogen-bond acceptors (Lipinski definition) is 5. The van der Waals surface area contributed by atoms with Gasteiger partial charge in [-0.3, -0.25) is 9.59 Å². The van der Waals surface area contributed by atoms with Gasteiger partial charge >= 0.3 is 0 Å². The minimum absolute atomic E-state index is 0.101. The molecule has 0 aromatic carbocycles. The lowest BCUT2D eigenvalue weighted by Crippen LogP contribution is -2.56. The average molecular weight is 303 g/mol. The number of carbonyl (C=O) groups is 1. The van der Waals surface area contributed by atoms with Gasteiger partial charge in [-0.25, -0.2) is 0 Å². The molecule has 22 heavy (non-hydrogen) atoms. The van der Waals surface area contributed by atoms with Gasteiger partial charge in [-0.1, -0.05) is 5.16 Å². The summed E-state index contributed by atoms with van der Waals surface area (Å²) >= 11 is 0. The normalized spacial score (nSPS) is 14.8. The summed E-state index contributed by atoms with van der Waals surface area (Å²) in [5.74, 6) is 0.939. The number of pyridine rings is 1. The van der Waals surface area contributed by atoms with E-state index in [2.05, 4.69) is 5.16 Å². The van der Waals surface area contributed by atoms with Crippen LogP contribution in [0.3, 0.4) is 0 Å². The second kappa shape index (κ2) is 5.32. The highest BCUT2D eigenvalue weighted by molar-refractivity contribution is 5.95. The van der Waals surface area contributed by atoms with Crippen molar-refractivity contribution in [2.75, 3.05) is 13.1 Å². The van der Waals surface area contributed by atoms with Crippen molar-refractivity contribution in [3.8, 4) is 5.75 Å². The molecule has 1 aliphatic rings. The lowest BCUT2D eigenvalue weighted by atomic mass is 10.1. The Morgan fingerprint density at radius 2 is 2.09 bits per heavy atom. The number of rotatable bonds is 3. The number of aromatic nitrogens is 2. The van der Waals surface area contributed by atoms with Crippen molar-refractivity contribution < 1.29 is 14.1 Å². The fraction of sp³-hybridized carbons (Fsp3) is 0.400. The van der Waals surface area contributed by atoms with Gasteiger partial charge in [0.25, 0.3) is 11.5 Å². The molecule has 2 aromatic rings. The van der Waals surface area contributed by atoms with E-state index in [-0.39, 0.29) is 17.6 Å². The van der Waals surface area contributed by atoms with Gasteiger partial charge in [-0.05, 0) is 19.9 Å². The Bertz CT molecular complexity index is 771. The fourth-order valence-electron chi connectivity index (χ4n) is 2.35. The summed E-state index contributed by atoms with van der Waals surface area (Å²) in [6.07, 6.45) is 1.33. The van der Waals surface area contributed by atoms with E-state index in [0.717, 1.165) is 5.69 Å². The van der Waals surface area contributed by atoms with E-state index in [1.165, 1.54) is 12.3 Å². The number of nitrogens with zero attached hydrogens (tertiary/aromatic N) is 3. The lowest BCUT2D eigenvalue weighted by molar-refractivity contribution is 0.0175. The number of carbonyl (C=O) groups excluding carboxylic acids is 1. The molecule has 0 bridgehead atoms. The maximum absolute atomic E-state index is 12.2. The standard InChI is InChI=1S/C15H17N3O4/c1-9-4-11(5-14(19)17(9)3)21-12-7-18(8-12)15(20)13-6-16-22-10(13)2/h4-6,12H,7-8H2,1-3H3. The fourth-order valence-corrected chi connectivity index (χ4v) is 2.35. The average Bonchev–Trinajstić information content (AvgIpc) is 2.85. The van der Waals surface area contributed by atoms with E-state index >= 15 is 0 Å². The van der Waals surface area contributed by atoms with Crippen LogP contribution in [0.2, 0.25) is 0 Å². The molecular weight excluding hydrogens is 286 g/mol. The van der Waals surface area contributed by atoms with Gasteiger partial charge in [0.15, 0.2) is 0 Å². The minimum atomic E-state index is -0.112. The van der Waals surface area contributed by atoms with Crippen molar-refractivity contribution >= 4 is 5.91 Å². The molecule has 2 aromatic heterocycles. The molecule has 0 aliphatic carbocycles. The first-order chi connectivity index (χ1) is 10.5. The van der Waals surface area contributed by atoms with Crippen molar-refractivity contribution in [2.24, 2.45) is 7.05 Å². The molecule has 7 nitrogen and oxygen atoms in total. The number of hydrogen-bond donors (Lipinski definition) is 0. The predicted octanol–water partition coefficient (Wildman–Crippen LogP) is 0.894. The maximum Gasteiger partial charge on any atom is 0.259 e. The van der Waals surface area contributed by atoms with Gasteiger partial charge in [0, 0.05) is 18.8 Å². The molecule has 3 heterocycles. The molecule has 3 rings (SSSR count). The Balaban J connectivity index is 1.61. The van der Waals surface area contributed by atoms with Crippen molar-refractivity contribution in [3.05, 3.63) is 45.7 Å². The van der Waals surface area contributed by atoms with Crippen molar-refractivity contribution in [1.82, 2.24) is 14.6 Å². The highest BCUT2D eigenvalue weighted by Crippen LogP contribution is 2.20. The molecule has 1 aliphatic heterocycles. The first-order valence-corrected chi connectivity index (χ1v) is 7.00. The summed E-state index contributed by atoms with van der Waals surface area (Å²) in [4.78, 5) is 25.6. The Morgan fingerprint density at radius 3 is 2.68 bits per heavy atom. The first-order valence-electron chi connectivity index (χ1n) is 7.00. The second-order valence-electron chi connectivity index (χ2n) is 5.48. The molecule has 1 fully saturated rings. The van der Waals surface area contributed by atoms with Crippen molar-refractivity contribution in [3.63, 3.8) is 0 Å². The molecule has 0 spiro atoms. The van der Waals surface area contributed by atoms with Crippen LogP contribution in [0, 0.1) is 13.8 Å². The van der Waals surface area contributed by atoms with Crippen LogP contribution >= 0.6 is 0 Å². The van der Waals surface area contributed by atoms with Crippen molar-refractivity contribution in [2.45, 2.75) is 20.0 Å². The SMILES string of the molecule is Cc1oncc1C(=O)N1CC(Oc2cc(C)n(C)c(=O)c2)C1. The van der Waals surface area contributed by atoms with Crippen LogP contribution in [0.15, 0.2) is 27.6 Å². The van der Waals surface area contributed by atoms with Crippen LogP contribution in [0.1, 0.15) is 21.8 Å². The second-order valence-corrected chi connectivity index (χ2v) is 5.48. The molecule has 116 valence electrons. The van der Waals surface area contributed by atoms with E-state index in [9.17, 15) is 9.59 Å². The van der Waals surface area contributed by atoms with E-state index in [4.69, 9.17) is 9.26 Å². The number of ether oxygens (including phenoxy) is 1. The third-order valence-electron chi connectivity index (χ3n) is 3.90. The quantitative estimate of drug-likeness (QED) is 0.841. The summed E-state index contributed by atoms with van der Waals surface area (Å²) in [6.45, 7) is 4.52. The highest BCUT2D eigenvalue weighted by Gasteiger charge is 2.34. The summed E-state index contributed by atoms with van der Waals surface area (Å²) in [7, 11) is 1.71. The summed E-state index contributed by atoms with van der Waals surface area (Å²) in [6, 6.07) is 3.28. The molecule has 1 amide bonds. The Hall–Kier alpha value is -2.57.